The lowest BCUT2D eigenvalue weighted by Crippen LogP contribution is -2.12. The van der Waals surface area contributed by atoms with Crippen molar-refractivity contribution < 1.29 is 4.79 Å². The zero-order valence-corrected chi connectivity index (χ0v) is 8.79. The van der Waals surface area contributed by atoms with Crippen LogP contribution in [0.25, 0.3) is 0 Å². The van der Waals surface area contributed by atoms with Crippen molar-refractivity contribution in [1.29, 1.82) is 0 Å². The normalized spacial score (nSPS) is 14.7. The van der Waals surface area contributed by atoms with E-state index in [4.69, 9.17) is 0 Å². The lowest BCUT2D eigenvalue weighted by atomic mass is 10.3. The smallest absolute Gasteiger partial charge is 0.224 e. The van der Waals surface area contributed by atoms with Crippen molar-refractivity contribution in [3.63, 3.8) is 0 Å². The molecular weight excluding hydrogens is 190 g/mol. The highest BCUT2D eigenvalue weighted by Crippen LogP contribution is 2.32. The molecule has 0 bridgehead atoms. The molecule has 1 aliphatic carbocycles. The molecule has 2 N–H and O–H groups in total. The predicted molar refractivity (Wildman–Crippen MR) is 59.8 cm³/mol. The van der Waals surface area contributed by atoms with Crippen molar-refractivity contribution in [1.82, 2.24) is 4.98 Å². The lowest BCUT2D eigenvalue weighted by Gasteiger charge is -2.04. The van der Waals surface area contributed by atoms with Crippen molar-refractivity contribution in [3.05, 3.63) is 18.3 Å². The van der Waals surface area contributed by atoms with Gasteiger partial charge in [-0.05, 0) is 30.9 Å². The van der Waals surface area contributed by atoms with Gasteiger partial charge in [0.2, 0.25) is 5.91 Å². The molecule has 0 saturated heterocycles. The Labute approximate surface area is 89.1 Å². The van der Waals surface area contributed by atoms with Crippen LogP contribution in [0.2, 0.25) is 0 Å². The molecule has 0 atom stereocenters. The minimum Gasteiger partial charge on any atom is -0.373 e. The van der Waals surface area contributed by atoms with Crippen LogP contribution < -0.4 is 10.6 Å². The number of carbonyl (C=O) groups is 1. The van der Waals surface area contributed by atoms with E-state index in [1.807, 2.05) is 19.2 Å². The van der Waals surface area contributed by atoms with Crippen LogP contribution in [0.4, 0.5) is 11.5 Å². The summed E-state index contributed by atoms with van der Waals surface area (Å²) in [5, 5.41) is 5.76. The van der Waals surface area contributed by atoms with Gasteiger partial charge in [0, 0.05) is 13.5 Å². The fraction of sp³-hybridized carbons (Fsp3) is 0.455. The van der Waals surface area contributed by atoms with E-state index in [-0.39, 0.29) is 5.91 Å². The second-order valence-corrected chi connectivity index (χ2v) is 3.88. The molecule has 2 rings (SSSR count). The van der Waals surface area contributed by atoms with Crippen LogP contribution in [0.5, 0.6) is 0 Å². The Morgan fingerprint density at radius 1 is 1.53 bits per heavy atom. The quantitative estimate of drug-likeness (QED) is 0.788. The molecule has 4 nitrogen and oxygen atoms in total. The number of nitrogens with zero attached hydrogens (tertiary/aromatic N) is 1. The minimum atomic E-state index is 0.0940. The molecule has 1 aromatic heterocycles. The highest BCUT2D eigenvalue weighted by atomic mass is 16.1. The second-order valence-electron chi connectivity index (χ2n) is 3.88. The number of aromatic nitrogens is 1. The van der Waals surface area contributed by atoms with Crippen molar-refractivity contribution in [3.8, 4) is 0 Å². The van der Waals surface area contributed by atoms with Crippen LogP contribution in [-0.2, 0) is 4.79 Å². The number of rotatable bonds is 4. The van der Waals surface area contributed by atoms with Gasteiger partial charge in [0.25, 0.3) is 0 Å². The molecule has 1 heterocycles. The largest absolute Gasteiger partial charge is 0.373 e. The van der Waals surface area contributed by atoms with Gasteiger partial charge in [-0.25, -0.2) is 4.98 Å². The summed E-state index contributed by atoms with van der Waals surface area (Å²) < 4.78 is 0. The molecule has 0 unspecified atom stereocenters. The first kappa shape index (κ1) is 9.96. The molecule has 0 aromatic carbocycles. The van der Waals surface area contributed by atoms with Crippen LogP contribution in [-0.4, -0.2) is 17.9 Å². The van der Waals surface area contributed by atoms with E-state index in [9.17, 15) is 4.79 Å². The number of pyridine rings is 1. The summed E-state index contributed by atoms with van der Waals surface area (Å²) >= 11 is 0. The van der Waals surface area contributed by atoms with Gasteiger partial charge < -0.3 is 10.6 Å². The van der Waals surface area contributed by atoms with Crippen LogP contribution in [0.1, 0.15) is 19.3 Å². The molecule has 1 amide bonds. The van der Waals surface area contributed by atoms with Crippen molar-refractivity contribution in [2.24, 2.45) is 5.92 Å². The summed E-state index contributed by atoms with van der Waals surface area (Å²) in [6.45, 7) is 0. The van der Waals surface area contributed by atoms with Gasteiger partial charge in [-0.2, -0.15) is 0 Å². The Morgan fingerprint density at radius 3 is 2.87 bits per heavy atom. The van der Waals surface area contributed by atoms with Crippen LogP contribution in [0, 0.1) is 5.92 Å². The first-order valence-corrected chi connectivity index (χ1v) is 5.21. The zero-order valence-electron chi connectivity index (χ0n) is 8.79. The first-order chi connectivity index (χ1) is 7.28. The first-order valence-electron chi connectivity index (χ1n) is 5.21. The maximum atomic E-state index is 11.5. The van der Waals surface area contributed by atoms with Crippen molar-refractivity contribution in [2.75, 3.05) is 17.7 Å². The van der Waals surface area contributed by atoms with E-state index in [1.54, 1.807) is 6.20 Å². The number of hydrogen-bond acceptors (Lipinski definition) is 3. The number of nitrogens with one attached hydrogen (secondary N) is 2. The fourth-order valence-electron chi connectivity index (χ4n) is 1.41. The monoisotopic (exact) mass is 205 g/mol. The average Bonchev–Trinajstić information content (AvgIpc) is 3.03. The SMILES string of the molecule is CNc1ccc(NC(=O)CC2CC2)cn1. The van der Waals surface area contributed by atoms with Gasteiger partial charge in [0.15, 0.2) is 0 Å². The Bertz CT molecular complexity index is 343. The van der Waals surface area contributed by atoms with E-state index in [0.717, 1.165) is 11.5 Å². The van der Waals surface area contributed by atoms with Crippen LogP contribution >= 0.6 is 0 Å². The summed E-state index contributed by atoms with van der Waals surface area (Å²) in [5.41, 5.74) is 0.764. The highest BCUT2D eigenvalue weighted by molar-refractivity contribution is 5.90. The molecule has 0 spiro atoms. The van der Waals surface area contributed by atoms with Crippen molar-refractivity contribution in [2.45, 2.75) is 19.3 Å². The summed E-state index contributed by atoms with van der Waals surface area (Å²) in [7, 11) is 1.81. The molecule has 1 aromatic rings. The van der Waals surface area contributed by atoms with E-state index in [0.29, 0.717) is 12.3 Å². The van der Waals surface area contributed by atoms with Crippen LogP contribution in [0.3, 0.4) is 0 Å². The summed E-state index contributed by atoms with van der Waals surface area (Å²) in [6, 6.07) is 3.69. The number of amides is 1. The van der Waals surface area contributed by atoms with E-state index in [1.165, 1.54) is 12.8 Å². The highest BCUT2D eigenvalue weighted by Gasteiger charge is 2.24. The van der Waals surface area contributed by atoms with Gasteiger partial charge in [-0.1, -0.05) is 0 Å². The fourth-order valence-corrected chi connectivity index (χ4v) is 1.41. The minimum absolute atomic E-state index is 0.0940. The molecule has 4 heteroatoms. The molecule has 0 radical (unpaired) electrons. The summed E-state index contributed by atoms with van der Waals surface area (Å²) in [5.74, 6) is 1.52. The van der Waals surface area contributed by atoms with E-state index < -0.39 is 0 Å². The van der Waals surface area contributed by atoms with Gasteiger partial charge in [0.05, 0.1) is 11.9 Å². The molecule has 15 heavy (non-hydrogen) atoms. The predicted octanol–water partition coefficient (Wildman–Crippen LogP) is 1.86. The standard InChI is InChI=1S/C11H15N3O/c1-12-10-5-4-9(7-13-10)14-11(15)6-8-2-3-8/h4-5,7-8H,2-3,6H2,1H3,(H,12,13)(H,14,15). The number of hydrogen-bond donors (Lipinski definition) is 2. The Balaban J connectivity index is 1.88. The van der Waals surface area contributed by atoms with E-state index >= 15 is 0 Å². The topological polar surface area (TPSA) is 54.0 Å². The third kappa shape index (κ3) is 2.94. The summed E-state index contributed by atoms with van der Waals surface area (Å²) in [6.07, 6.45) is 4.71. The van der Waals surface area contributed by atoms with Crippen molar-refractivity contribution >= 4 is 17.4 Å². The molecule has 1 aliphatic rings. The molecule has 80 valence electrons. The summed E-state index contributed by atoms with van der Waals surface area (Å²) in [4.78, 5) is 15.6. The molecule has 1 saturated carbocycles. The Morgan fingerprint density at radius 2 is 2.33 bits per heavy atom. The van der Waals surface area contributed by atoms with Gasteiger partial charge in [-0.3, -0.25) is 4.79 Å². The molecule has 1 fully saturated rings. The average molecular weight is 205 g/mol. The lowest BCUT2D eigenvalue weighted by molar-refractivity contribution is -0.116. The third-order valence-corrected chi connectivity index (χ3v) is 2.47. The van der Waals surface area contributed by atoms with Crippen LogP contribution in [0.15, 0.2) is 18.3 Å². The molecule has 0 aliphatic heterocycles. The van der Waals surface area contributed by atoms with Gasteiger partial charge in [-0.15, -0.1) is 0 Å². The Hall–Kier alpha value is -1.58. The van der Waals surface area contributed by atoms with E-state index in [2.05, 4.69) is 15.6 Å². The van der Waals surface area contributed by atoms with Gasteiger partial charge >= 0.3 is 0 Å². The molecular formula is C11H15N3O. The van der Waals surface area contributed by atoms with Gasteiger partial charge in [0.1, 0.15) is 5.82 Å². The number of carbonyl (C=O) groups excluding carboxylic acids is 1. The maximum Gasteiger partial charge on any atom is 0.224 e. The third-order valence-electron chi connectivity index (χ3n) is 2.47. The number of anilines is 2. The zero-order chi connectivity index (χ0) is 10.7. The second kappa shape index (κ2) is 4.29. The maximum absolute atomic E-state index is 11.5. The Kier molecular flexibility index (Phi) is 2.85.